The van der Waals surface area contributed by atoms with E-state index in [9.17, 15) is 4.79 Å². The maximum atomic E-state index is 10.6. The molecular formula is C10H11BrO3. The molecule has 4 heteroatoms. The van der Waals surface area contributed by atoms with Gasteiger partial charge < -0.3 is 9.84 Å². The molecule has 0 saturated carbocycles. The highest BCUT2D eigenvalue weighted by Gasteiger charge is 2.10. The minimum absolute atomic E-state index is 0.00137. The third kappa shape index (κ3) is 2.48. The Morgan fingerprint density at radius 2 is 2.21 bits per heavy atom. The molecule has 0 amide bonds. The van der Waals surface area contributed by atoms with Crippen LogP contribution in [0.5, 0.6) is 5.75 Å². The number of aliphatic carboxylic acids is 1. The lowest BCUT2D eigenvalue weighted by molar-refractivity contribution is -0.136. The van der Waals surface area contributed by atoms with Crippen LogP contribution in [0.2, 0.25) is 0 Å². The van der Waals surface area contributed by atoms with Gasteiger partial charge in [-0.15, -0.1) is 0 Å². The summed E-state index contributed by atoms with van der Waals surface area (Å²) in [6, 6.07) is 3.69. The fraction of sp³-hybridized carbons (Fsp3) is 0.300. The summed E-state index contributed by atoms with van der Waals surface area (Å²) in [5.41, 5.74) is 1.72. The van der Waals surface area contributed by atoms with Crippen LogP contribution >= 0.6 is 15.9 Å². The standard InChI is InChI=1S/C10H11BrO3/c1-6-3-7(5-9(12)13)10(11)8(4-6)14-2/h3-4H,5H2,1-2H3,(H,12,13). The van der Waals surface area contributed by atoms with Gasteiger partial charge >= 0.3 is 5.97 Å². The molecule has 0 saturated heterocycles. The molecule has 0 unspecified atom stereocenters. The van der Waals surface area contributed by atoms with E-state index in [1.807, 2.05) is 19.1 Å². The molecule has 0 aliphatic rings. The van der Waals surface area contributed by atoms with E-state index in [1.54, 1.807) is 7.11 Å². The van der Waals surface area contributed by atoms with Gasteiger partial charge in [0.25, 0.3) is 0 Å². The summed E-state index contributed by atoms with van der Waals surface area (Å²) in [5, 5.41) is 8.68. The molecule has 0 fully saturated rings. The van der Waals surface area contributed by atoms with Crippen molar-refractivity contribution in [1.82, 2.24) is 0 Å². The smallest absolute Gasteiger partial charge is 0.307 e. The molecular weight excluding hydrogens is 248 g/mol. The highest BCUT2D eigenvalue weighted by Crippen LogP contribution is 2.30. The predicted octanol–water partition coefficient (Wildman–Crippen LogP) is 2.39. The number of halogens is 1. The second-order valence-electron chi connectivity index (χ2n) is 3.01. The Kier molecular flexibility index (Phi) is 3.52. The van der Waals surface area contributed by atoms with E-state index in [4.69, 9.17) is 9.84 Å². The van der Waals surface area contributed by atoms with E-state index in [1.165, 1.54) is 0 Å². The van der Waals surface area contributed by atoms with E-state index in [-0.39, 0.29) is 6.42 Å². The Hall–Kier alpha value is -1.03. The molecule has 0 heterocycles. The molecule has 0 radical (unpaired) electrons. The van der Waals surface area contributed by atoms with Crippen molar-refractivity contribution in [2.24, 2.45) is 0 Å². The van der Waals surface area contributed by atoms with E-state index in [0.29, 0.717) is 10.2 Å². The Morgan fingerprint density at radius 1 is 1.57 bits per heavy atom. The van der Waals surface area contributed by atoms with Crippen LogP contribution < -0.4 is 4.74 Å². The first-order valence-electron chi connectivity index (χ1n) is 4.09. The summed E-state index contributed by atoms with van der Waals surface area (Å²) in [7, 11) is 1.56. The molecule has 0 aliphatic carbocycles. The number of carboxylic acids is 1. The van der Waals surface area contributed by atoms with Gasteiger partial charge in [-0.05, 0) is 40.0 Å². The van der Waals surface area contributed by atoms with Crippen LogP contribution in [0.1, 0.15) is 11.1 Å². The average Bonchev–Trinajstić information content (AvgIpc) is 2.09. The molecule has 0 spiro atoms. The van der Waals surface area contributed by atoms with Gasteiger partial charge in [-0.1, -0.05) is 6.07 Å². The normalized spacial score (nSPS) is 9.93. The van der Waals surface area contributed by atoms with E-state index < -0.39 is 5.97 Å². The number of benzene rings is 1. The van der Waals surface area contributed by atoms with Crippen molar-refractivity contribution in [2.45, 2.75) is 13.3 Å². The second-order valence-corrected chi connectivity index (χ2v) is 3.80. The molecule has 1 N–H and O–H groups in total. The van der Waals surface area contributed by atoms with Gasteiger partial charge in [0.05, 0.1) is 18.0 Å². The summed E-state index contributed by atoms with van der Waals surface area (Å²) in [4.78, 5) is 10.6. The lowest BCUT2D eigenvalue weighted by Gasteiger charge is -2.08. The fourth-order valence-corrected chi connectivity index (χ4v) is 1.78. The zero-order valence-corrected chi connectivity index (χ0v) is 9.59. The van der Waals surface area contributed by atoms with Crippen LogP contribution in [0.3, 0.4) is 0 Å². The van der Waals surface area contributed by atoms with Crippen molar-refractivity contribution < 1.29 is 14.6 Å². The van der Waals surface area contributed by atoms with E-state index in [2.05, 4.69) is 15.9 Å². The average molecular weight is 259 g/mol. The molecule has 1 aromatic carbocycles. The Morgan fingerprint density at radius 3 is 2.71 bits per heavy atom. The third-order valence-electron chi connectivity index (χ3n) is 1.82. The topological polar surface area (TPSA) is 46.5 Å². The molecule has 14 heavy (non-hydrogen) atoms. The van der Waals surface area contributed by atoms with Crippen LogP contribution in [0.25, 0.3) is 0 Å². The van der Waals surface area contributed by atoms with Crippen LogP contribution in [0.4, 0.5) is 0 Å². The number of hydrogen-bond donors (Lipinski definition) is 1. The Labute approximate surface area is 90.8 Å². The minimum Gasteiger partial charge on any atom is -0.496 e. The van der Waals surface area contributed by atoms with Crippen LogP contribution in [0, 0.1) is 6.92 Å². The van der Waals surface area contributed by atoms with E-state index >= 15 is 0 Å². The highest BCUT2D eigenvalue weighted by molar-refractivity contribution is 9.10. The first-order chi connectivity index (χ1) is 6.54. The summed E-state index contributed by atoms with van der Waals surface area (Å²) in [6.45, 7) is 1.90. The molecule has 0 aromatic heterocycles. The largest absolute Gasteiger partial charge is 0.496 e. The predicted molar refractivity (Wildman–Crippen MR) is 56.8 cm³/mol. The van der Waals surface area contributed by atoms with E-state index in [0.717, 1.165) is 11.1 Å². The minimum atomic E-state index is -0.849. The first kappa shape index (κ1) is 11.0. The SMILES string of the molecule is COc1cc(C)cc(CC(=O)O)c1Br. The lowest BCUT2D eigenvalue weighted by atomic mass is 10.1. The summed E-state index contributed by atoms with van der Waals surface area (Å²) in [6.07, 6.45) is -0.00137. The van der Waals surface area contributed by atoms with Crippen LogP contribution in [0.15, 0.2) is 16.6 Å². The van der Waals surface area contributed by atoms with Crippen molar-refractivity contribution >= 4 is 21.9 Å². The maximum absolute atomic E-state index is 10.6. The number of carbonyl (C=O) groups is 1. The zero-order chi connectivity index (χ0) is 10.7. The Balaban J connectivity index is 3.15. The summed E-state index contributed by atoms with van der Waals surface area (Å²) < 4.78 is 5.82. The van der Waals surface area contributed by atoms with Gasteiger partial charge in [0.1, 0.15) is 5.75 Å². The molecule has 1 aromatic rings. The number of methoxy groups -OCH3 is 1. The fourth-order valence-electron chi connectivity index (χ4n) is 1.25. The molecule has 0 aliphatic heterocycles. The van der Waals surface area contributed by atoms with Crippen molar-refractivity contribution in [1.29, 1.82) is 0 Å². The van der Waals surface area contributed by atoms with Crippen LogP contribution in [-0.2, 0) is 11.2 Å². The molecule has 3 nitrogen and oxygen atoms in total. The quantitative estimate of drug-likeness (QED) is 0.906. The molecule has 1 rings (SSSR count). The van der Waals surface area contributed by atoms with Gasteiger partial charge in [0, 0.05) is 0 Å². The van der Waals surface area contributed by atoms with Crippen molar-refractivity contribution in [3.8, 4) is 5.75 Å². The highest BCUT2D eigenvalue weighted by atomic mass is 79.9. The lowest BCUT2D eigenvalue weighted by Crippen LogP contribution is -2.02. The van der Waals surface area contributed by atoms with Gasteiger partial charge in [-0.2, -0.15) is 0 Å². The van der Waals surface area contributed by atoms with Crippen molar-refractivity contribution in [3.63, 3.8) is 0 Å². The summed E-state index contributed by atoms with van der Waals surface area (Å²) in [5.74, 6) is -0.181. The van der Waals surface area contributed by atoms with Gasteiger partial charge in [-0.25, -0.2) is 0 Å². The van der Waals surface area contributed by atoms with Crippen LogP contribution in [-0.4, -0.2) is 18.2 Å². The number of carboxylic acid groups (broad SMARTS) is 1. The number of hydrogen-bond acceptors (Lipinski definition) is 2. The van der Waals surface area contributed by atoms with Gasteiger partial charge in [0.2, 0.25) is 0 Å². The zero-order valence-electron chi connectivity index (χ0n) is 8.00. The molecule has 0 bridgehead atoms. The maximum Gasteiger partial charge on any atom is 0.307 e. The first-order valence-corrected chi connectivity index (χ1v) is 4.88. The second kappa shape index (κ2) is 4.46. The number of ether oxygens (including phenoxy) is 1. The number of aryl methyl sites for hydroxylation is 1. The molecule has 76 valence electrons. The number of rotatable bonds is 3. The van der Waals surface area contributed by atoms with Crippen molar-refractivity contribution in [3.05, 3.63) is 27.7 Å². The Bertz CT molecular complexity index is 361. The molecule has 0 atom stereocenters. The monoisotopic (exact) mass is 258 g/mol. The third-order valence-corrected chi connectivity index (χ3v) is 2.72. The van der Waals surface area contributed by atoms with Crippen molar-refractivity contribution in [2.75, 3.05) is 7.11 Å². The van der Waals surface area contributed by atoms with Gasteiger partial charge in [0.15, 0.2) is 0 Å². The van der Waals surface area contributed by atoms with Gasteiger partial charge in [-0.3, -0.25) is 4.79 Å². The summed E-state index contributed by atoms with van der Waals surface area (Å²) >= 11 is 3.32.